The van der Waals surface area contributed by atoms with E-state index >= 15 is 0 Å². The summed E-state index contributed by atoms with van der Waals surface area (Å²) in [5.41, 5.74) is 5.38. The van der Waals surface area contributed by atoms with E-state index in [2.05, 4.69) is 31.1 Å². The summed E-state index contributed by atoms with van der Waals surface area (Å²) < 4.78 is 0. The Balaban J connectivity index is 3.77. The Morgan fingerprint density at radius 1 is 1.38 bits per heavy atom. The van der Waals surface area contributed by atoms with E-state index in [0.29, 0.717) is 11.7 Å². The van der Waals surface area contributed by atoms with Crippen LogP contribution in [0.5, 0.6) is 0 Å². The average molecular weight is 227 g/mol. The van der Waals surface area contributed by atoms with Gasteiger partial charge < -0.3 is 16.4 Å². The van der Waals surface area contributed by atoms with Crippen LogP contribution in [0.3, 0.4) is 0 Å². The molecule has 0 aromatic carbocycles. The third kappa shape index (κ3) is 6.32. The third-order valence-corrected chi connectivity index (χ3v) is 2.68. The summed E-state index contributed by atoms with van der Waals surface area (Å²) in [4.78, 5) is 11.6. The largest absolute Gasteiger partial charge is 0.386 e. The molecule has 0 fully saturated rings. The van der Waals surface area contributed by atoms with Crippen molar-refractivity contribution in [2.24, 2.45) is 17.6 Å². The molecule has 0 bridgehead atoms. The molecule has 0 aromatic rings. The minimum atomic E-state index is 0.117. The summed E-state index contributed by atoms with van der Waals surface area (Å²) in [6, 6.07) is 0. The lowest BCUT2D eigenvalue weighted by Gasteiger charge is -2.19. The summed E-state index contributed by atoms with van der Waals surface area (Å²) in [6.07, 6.45) is 2.96. The number of nitrogens with one attached hydrogen (secondary N) is 2. The molecule has 94 valence electrons. The molecule has 16 heavy (non-hydrogen) atoms. The van der Waals surface area contributed by atoms with Gasteiger partial charge in [-0.1, -0.05) is 26.8 Å². The Hall–Kier alpha value is -1.19. The van der Waals surface area contributed by atoms with Crippen molar-refractivity contribution in [3.05, 3.63) is 12.4 Å². The molecule has 4 N–H and O–H groups in total. The van der Waals surface area contributed by atoms with Crippen molar-refractivity contribution in [1.82, 2.24) is 10.6 Å². The predicted molar refractivity (Wildman–Crippen MR) is 67.6 cm³/mol. The minimum Gasteiger partial charge on any atom is -0.386 e. The van der Waals surface area contributed by atoms with Gasteiger partial charge in [0.1, 0.15) is 0 Å². The van der Waals surface area contributed by atoms with Crippen LogP contribution < -0.4 is 16.4 Å². The molecule has 0 saturated heterocycles. The van der Waals surface area contributed by atoms with Crippen LogP contribution in [0.25, 0.3) is 0 Å². The molecule has 0 aliphatic carbocycles. The maximum atomic E-state index is 11.6. The minimum absolute atomic E-state index is 0.117. The van der Waals surface area contributed by atoms with Crippen LogP contribution in [0.2, 0.25) is 0 Å². The monoisotopic (exact) mass is 227 g/mol. The zero-order chi connectivity index (χ0) is 12.6. The van der Waals surface area contributed by atoms with Crippen molar-refractivity contribution in [2.45, 2.75) is 33.1 Å². The predicted octanol–water partition coefficient (Wildman–Crippen LogP) is 1.19. The first kappa shape index (κ1) is 14.8. The number of carbonyl (C=O) groups excluding carboxylic acids is 1. The smallest absolute Gasteiger partial charge is 0.223 e. The molecule has 0 unspecified atom stereocenters. The van der Waals surface area contributed by atoms with E-state index < -0.39 is 0 Å². The lowest BCUT2D eigenvalue weighted by Crippen LogP contribution is -2.31. The summed E-state index contributed by atoms with van der Waals surface area (Å²) in [5.74, 6) is 1.15. The number of hydrogen-bond donors (Lipinski definition) is 3. The topological polar surface area (TPSA) is 67.1 Å². The van der Waals surface area contributed by atoms with E-state index in [1.165, 1.54) is 0 Å². The molecular formula is C12H25N3O. The molecule has 1 atom stereocenters. The zero-order valence-electron chi connectivity index (χ0n) is 10.7. The second-order valence-electron chi connectivity index (χ2n) is 4.41. The fourth-order valence-corrected chi connectivity index (χ4v) is 1.69. The first-order valence-corrected chi connectivity index (χ1v) is 5.88. The summed E-state index contributed by atoms with van der Waals surface area (Å²) in [7, 11) is 1.69. The van der Waals surface area contributed by atoms with Crippen LogP contribution in [0.1, 0.15) is 33.1 Å². The highest BCUT2D eigenvalue weighted by atomic mass is 16.1. The van der Waals surface area contributed by atoms with Gasteiger partial charge in [0.15, 0.2) is 0 Å². The summed E-state index contributed by atoms with van der Waals surface area (Å²) >= 11 is 0. The Bertz CT molecular complexity index is 226. The second kappa shape index (κ2) is 8.02. The van der Waals surface area contributed by atoms with E-state index in [1.807, 2.05) is 0 Å². The fraction of sp³-hybridized carbons (Fsp3) is 0.750. The van der Waals surface area contributed by atoms with Crippen LogP contribution in [0.4, 0.5) is 0 Å². The molecule has 0 aromatic heterocycles. The molecule has 4 nitrogen and oxygen atoms in total. The van der Waals surface area contributed by atoms with Crippen molar-refractivity contribution in [2.75, 3.05) is 13.6 Å². The van der Waals surface area contributed by atoms with Gasteiger partial charge in [0, 0.05) is 19.5 Å². The number of rotatable bonds is 8. The van der Waals surface area contributed by atoms with Crippen LogP contribution in [0, 0.1) is 11.8 Å². The van der Waals surface area contributed by atoms with Gasteiger partial charge >= 0.3 is 0 Å². The van der Waals surface area contributed by atoms with Gasteiger partial charge in [-0.3, -0.25) is 4.79 Å². The molecule has 4 heteroatoms. The average Bonchev–Trinajstić information content (AvgIpc) is 2.21. The van der Waals surface area contributed by atoms with Gasteiger partial charge in [-0.15, -0.1) is 0 Å². The highest BCUT2D eigenvalue weighted by Gasteiger charge is 2.19. The Kier molecular flexibility index (Phi) is 7.42. The number of nitrogens with two attached hydrogens (primary N) is 1. The first-order chi connectivity index (χ1) is 7.49. The molecule has 0 radical (unpaired) electrons. The highest BCUT2D eigenvalue weighted by Crippen LogP contribution is 2.18. The first-order valence-electron chi connectivity index (χ1n) is 5.88. The van der Waals surface area contributed by atoms with Gasteiger partial charge in [0.2, 0.25) is 5.91 Å². The lowest BCUT2D eigenvalue weighted by molar-refractivity contribution is -0.126. The fourth-order valence-electron chi connectivity index (χ4n) is 1.69. The molecule has 1 amide bonds. The van der Waals surface area contributed by atoms with E-state index in [9.17, 15) is 4.79 Å². The van der Waals surface area contributed by atoms with Crippen LogP contribution in [0.15, 0.2) is 12.4 Å². The highest BCUT2D eigenvalue weighted by molar-refractivity contribution is 5.78. The molecule has 0 aliphatic rings. The Morgan fingerprint density at radius 3 is 2.44 bits per heavy atom. The Labute approximate surface area is 98.7 Å². The van der Waals surface area contributed by atoms with Crippen molar-refractivity contribution in [1.29, 1.82) is 0 Å². The number of unbranched alkanes of at least 4 members (excludes halogenated alkanes) is 1. The molecule has 0 saturated carbocycles. The quantitative estimate of drug-likeness (QED) is 0.546. The number of amides is 1. The van der Waals surface area contributed by atoms with E-state index in [1.54, 1.807) is 7.05 Å². The van der Waals surface area contributed by atoms with E-state index in [-0.39, 0.29) is 11.8 Å². The molecule has 0 rings (SSSR count). The summed E-state index contributed by atoms with van der Waals surface area (Å²) in [6.45, 7) is 8.55. The van der Waals surface area contributed by atoms with Crippen LogP contribution in [-0.2, 0) is 4.79 Å². The third-order valence-electron chi connectivity index (χ3n) is 2.68. The zero-order valence-corrected chi connectivity index (χ0v) is 10.7. The van der Waals surface area contributed by atoms with Crippen molar-refractivity contribution < 1.29 is 4.79 Å². The van der Waals surface area contributed by atoms with Crippen LogP contribution >= 0.6 is 0 Å². The molecule has 0 heterocycles. The molecule has 0 spiro atoms. The van der Waals surface area contributed by atoms with Gasteiger partial charge in [0.25, 0.3) is 0 Å². The van der Waals surface area contributed by atoms with Crippen molar-refractivity contribution in [3.8, 4) is 0 Å². The van der Waals surface area contributed by atoms with Gasteiger partial charge in [-0.2, -0.15) is 0 Å². The van der Waals surface area contributed by atoms with Gasteiger partial charge in [0.05, 0.1) is 5.82 Å². The molecular weight excluding hydrogens is 202 g/mol. The second-order valence-corrected chi connectivity index (χ2v) is 4.41. The Morgan fingerprint density at radius 2 is 2.00 bits per heavy atom. The van der Waals surface area contributed by atoms with Gasteiger partial charge in [-0.25, -0.2) is 0 Å². The summed E-state index contributed by atoms with van der Waals surface area (Å²) in [5, 5.41) is 5.69. The van der Waals surface area contributed by atoms with E-state index in [0.717, 1.165) is 25.8 Å². The number of hydrogen-bond acceptors (Lipinski definition) is 3. The lowest BCUT2D eigenvalue weighted by atomic mass is 9.90. The van der Waals surface area contributed by atoms with Crippen LogP contribution in [-0.4, -0.2) is 19.5 Å². The number of carbonyl (C=O) groups is 1. The standard InChI is InChI=1S/C12H25N3O/c1-9(2)11(12(16)14-4)7-5-6-8-15-10(3)13/h9,11,15H,3,5-8,13H2,1-2,4H3,(H,14,16)/t11-/m1/s1. The maximum Gasteiger partial charge on any atom is 0.223 e. The maximum absolute atomic E-state index is 11.6. The normalized spacial score (nSPS) is 12.2. The van der Waals surface area contributed by atoms with E-state index in [4.69, 9.17) is 5.73 Å². The van der Waals surface area contributed by atoms with Crippen molar-refractivity contribution >= 4 is 5.91 Å². The SMILES string of the molecule is C=C(N)NCCCC[C@@H](C(=O)NC)C(C)C. The molecule has 0 aliphatic heterocycles. The van der Waals surface area contributed by atoms with Gasteiger partial charge in [-0.05, 0) is 18.8 Å². The van der Waals surface area contributed by atoms with Crippen molar-refractivity contribution in [3.63, 3.8) is 0 Å².